The summed E-state index contributed by atoms with van der Waals surface area (Å²) in [5.74, 6) is 0.884. The van der Waals surface area contributed by atoms with Crippen LogP contribution in [0.15, 0.2) is 48.5 Å². The third-order valence-corrected chi connectivity index (χ3v) is 3.64. The molecule has 0 radical (unpaired) electrons. The predicted octanol–water partition coefficient (Wildman–Crippen LogP) is 3.19. The normalized spacial score (nSPS) is 10.4. The number of amides is 1. The van der Waals surface area contributed by atoms with E-state index >= 15 is 0 Å². The molecule has 4 heteroatoms. The molecule has 0 atom stereocenters. The van der Waals surface area contributed by atoms with E-state index in [4.69, 9.17) is 4.74 Å². The van der Waals surface area contributed by atoms with Gasteiger partial charge in [0.2, 0.25) is 5.91 Å². The Labute approximate surface area is 144 Å². The lowest BCUT2D eigenvalue weighted by Crippen LogP contribution is -2.33. The second kappa shape index (κ2) is 9.73. The van der Waals surface area contributed by atoms with Crippen molar-refractivity contribution < 1.29 is 9.53 Å². The minimum Gasteiger partial charge on any atom is -0.489 e. The van der Waals surface area contributed by atoms with Gasteiger partial charge in [0.15, 0.2) is 0 Å². The fraction of sp³-hybridized carbons (Fsp3) is 0.350. The molecule has 0 saturated heterocycles. The molecule has 128 valence electrons. The van der Waals surface area contributed by atoms with Gasteiger partial charge in [-0.05, 0) is 36.6 Å². The Morgan fingerprint density at radius 1 is 1.00 bits per heavy atom. The average Bonchev–Trinajstić information content (AvgIpc) is 2.60. The first-order chi connectivity index (χ1) is 11.7. The summed E-state index contributed by atoms with van der Waals surface area (Å²) in [7, 11) is 0. The van der Waals surface area contributed by atoms with Gasteiger partial charge in [-0.3, -0.25) is 4.79 Å². The number of benzene rings is 2. The van der Waals surface area contributed by atoms with Gasteiger partial charge >= 0.3 is 0 Å². The Kier molecular flexibility index (Phi) is 7.30. The van der Waals surface area contributed by atoms with Crippen LogP contribution in [0.1, 0.15) is 30.0 Å². The average molecular weight is 326 g/mol. The maximum Gasteiger partial charge on any atom is 0.233 e. The Bertz CT molecular complexity index is 621. The van der Waals surface area contributed by atoms with Crippen molar-refractivity contribution in [3.63, 3.8) is 0 Å². The van der Waals surface area contributed by atoms with E-state index in [0.717, 1.165) is 29.8 Å². The van der Waals surface area contributed by atoms with Crippen LogP contribution < -0.4 is 15.4 Å². The summed E-state index contributed by atoms with van der Waals surface area (Å²) in [6.07, 6.45) is 0.954. The van der Waals surface area contributed by atoms with Crippen molar-refractivity contribution in [2.24, 2.45) is 0 Å². The number of carbonyl (C=O) groups excluding carboxylic acids is 1. The highest BCUT2D eigenvalue weighted by atomic mass is 16.5. The second-order valence-corrected chi connectivity index (χ2v) is 5.87. The third kappa shape index (κ3) is 6.42. The van der Waals surface area contributed by atoms with Gasteiger partial charge in [0.1, 0.15) is 12.4 Å². The molecule has 4 nitrogen and oxygen atoms in total. The largest absolute Gasteiger partial charge is 0.489 e. The quantitative estimate of drug-likeness (QED) is 0.744. The molecule has 2 rings (SSSR count). The van der Waals surface area contributed by atoms with E-state index in [-0.39, 0.29) is 5.91 Å². The van der Waals surface area contributed by atoms with E-state index in [9.17, 15) is 4.79 Å². The van der Waals surface area contributed by atoms with Crippen molar-refractivity contribution in [2.45, 2.75) is 33.4 Å². The predicted molar refractivity (Wildman–Crippen MR) is 97.0 cm³/mol. The van der Waals surface area contributed by atoms with Crippen molar-refractivity contribution in [2.75, 3.05) is 13.1 Å². The molecule has 1 amide bonds. The summed E-state index contributed by atoms with van der Waals surface area (Å²) in [6, 6.07) is 16.3. The lowest BCUT2D eigenvalue weighted by atomic mass is 10.2. The van der Waals surface area contributed by atoms with Gasteiger partial charge in [0, 0.05) is 13.1 Å². The Hall–Kier alpha value is -2.33. The summed E-state index contributed by atoms with van der Waals surface area (Å²) in [5, 5.41) is 5.98. The first kappa shape index (κ1) is 18.0. The highest BCUT2D eigenvalue weighted by Gasteiger charge is 2.00. The molecular formula is C20H26N2O2. The topological polar surface area (TPSA) is 50.4 Å². The van der Waals surface area contributed by atoms with Crippen LogP contribution >= 0.6 is 0 Å². The zero-order chi connectivity index (χ0) is 17.2. The van der Waals surface area contributed by atoms with Crippen molar-refractivity contribution in [3.8, 4) is 5.75 Å². The van der Waals surface area contributed by atoms with Gasteiger partial charge in [-0.25, -0.2) is 0 Å². The SMILES string of the molecule is CCCNC(=O)CNCc1ccc(OCc2ccc(C)cc2)cc1. The van der Waals surface area contributed by atoms with Crippen LogP contribution in [0.2, 0.25) is 0 Å². The van der Waals surface area contributed by atoms with E-state index in [0.29, 0.717) is 19.7 Å². The monoisotopic (exact) mass is 326 g/mol. The molecule has 0 aliphatic rings. The summed E-state index contributed by atoms with van der Waals surface area (Å²) in [6.45, 7) is 6.41. The molecule has 0 spiro atoms. The van der Waals surface area contributed by atoms with E-state index in [1.165, 1.54) is 5.56 Å². The lowest BCUT2D eigenvalue weighted by Gasteiger charge is -2.09. The van der Waals surface area contributed by atoms with E-state index in [1.807, 2.05) is 31.2 Å². The van der Waals surface area contributed by atoms with Crippen molar-refractivity contribution in [1.29, 1.82) is 0 Å². The Morgan fingerprint density at radius 2 is 1.67 bits per heavy atom. The first-order valence-corrected chi connectivity index (χ1v) is 8.42. The van der Waals surface area contributed by atoms with Gasteiger partial charge in [-0.15, -0.1) is 0 Å². The Morgan fingerprint density at radius 3 is 2.33 bits per heavy atom. The van der Waals surface area contributed by atoms with E-state index < -0.39 is 0 Å². The molecule has 0 saturated carbocycles. The van der Waals surface area contributed by atoms with Crippen molar-refractivity contribution in [1.82, 2.24) is 10.6 Å². The summed E-state index contributed by atoms with van der Waals surface area (Å²) in [5.41, 5.74) is 3.53. The second-order valence-electron chi connectivity index (χ2n) is 5.87. The molecule has 2 N–H and O–H groups in total. The molecule has 0 aliphatic heterocycles. The van der Waals surface area contributed by atoms with Crippen LogP contribution in [0.25, 0.3) is 0 Å². The van der Waals surface area contributed by atoms with Crippen LogP contribution in [-0.2, 0) is 17.9 Å². The number of aryl methyl sites for hydroxylation is 1. The van der Waals surface area contributed by atoms with Crippen LogP contribution in [0.3, 0.4) is 0 Å². The van der Waals surface area contributed by atoms with Crippen LogP contribution in [0.4, 0.5) is 0 Å². The molecule has 0 aliphatic carbocycles. The lowest BCUT2D eigenvalue weighted by molar-refractivity contribution is -0.120. The van der Waals surface area contributed by atoms with Gasteiger partial charge < -0.3 is 15.4 Å². The van der Waals surface area contributed by atoms with Gasteiger partial charge in [0.05, 0.1) is 6.54 Å². The molecule has 0 fully saturated rings. The summed E-state index contributed by atoms with van der Waals surface area (Å²) in [4.78, 5) is 11.5. The molecule has 2 aromatic carbocycles. The smallest absolute Gasteiger partial charge is 0.233 e. The minimum absolute atomic E-state index is 0.0369. The highest BCUT2D eigenvalue weighted by molar-refractivity contribution is 5.77. The third-order valence-electron chi connectivity index (χ3n) is 3.64. The maximum absolute atomic E-state index is 11.5. The maximum atomic E-state index is 11.5. The summed E-state index contributed by atoms with van der Waals surface area (Å²) < 4.78 is 5.79. The highest BCUT2D eigenvalue weighted by Crippen LogP contribution is 2.14. The van der Waals surface area contributed by atoms with Crippen LogP contribution in [-0.4, -0.2) is 19.0 Å². The van der Waals surface area contributed by atoms with E-state index in [1.54, 1.807) is 0 Å². The fourth-order valence-corrected chi connectivity index (χ4v) is 2.20. The first-order valence-electron chi connectivity index (χ1n) is 8.42. The van der Waals surface area contributed by atoms with Gasteiger partial charge in [-0.1, -0.05) is 48.9 Å². The van der Waals surface area contributed by atoms with Crippen LogP contribution in [0, 0.1) is 6.92 Å². The van der Waals surface area contributed by atoms with Crippen molar-refractivity contribution >= 4 is 5.91 Å². The fourth-order valence-electron chi connectivity index (χ4n) is 2.20. The molecule has 0 heterocycles. The van der Waals surface area contributed by atoms with Gasteiger partial charge in [-0.2, -0.15) is 0 Å². The molecule has 24 heavy (non-hydrogen) atoms. The molecule has 0 bridgehead atoms. The minimum atomic E-state index is 0.0369. The van der Waals surface area contributed by atoms with Crippen LogP contribution in [0.5, 0.6) is 5.75 Å². The number of rotatable bonds is 9. The number of nitrogens with one attached hydrogen (secondary N) is 2. The number of ether oxygens (including phenoxy) is 1. The van der Waals surface area contributed by atoms with Gasteiger partial charge in [0.25, 0.3) is 0 Å². The zero-order valence-corrected chi connectivity index (χ0v) is 14.5. The number of hydrogen-bond acceptors (Lipinski definition) is 3. The van der Waals surface area contributed by atoms with E-state index in [2.05, 4.69) is 41.8 Å². The molecule has 0 unspecified atom stereocenters. The molecule has 2 aromatic rings. The number of hydrogen-bond donors (Lipinski definition) is 2. The zero-order valence-electron chi connectivity index (χ0n) is 14.5. The molecular weight excluding hydrogens is 300 g/mol. The van der Waals surface area contributed by atoms with Crippen molar-refractivity contribution in [3.05, 3.63) is 65.2 Å². The molecule has 0 aromatic heterocycles. The Balaban J connectivity index is 1.72. The number of carbonyl (C=O) groups is 1. The summed E-state index contributed by atoms with van der Waals surface area (Å²) >= 11 is 0. The standard InChI is InChI=1S/C20H26N2O2/c1-3-12-22-20(23)14-21-13-17-8-10-19(11-9-17)24-15-18-6-4-16(2)5-7-18/h4-11,21H,3,12-15H2,1-2H3,(H,22,23).